The summed E-state index contributed by atoms with van der Waals surface area (Å²) in [7, 11) is 1.72. The quantitative estimate of drug-likeness (QED) is 0.557. The van der Waals surface area contributed by atoms with E-state index in [-0.39, 0.29) is 5.91 Å². The summed E-state index contributed by atoms with van der Waals surface area (Å²) < 4.78 is 6.07. The number of likely N-dealkylation sites (N-methyl/N-ethyl adjacent to an activating group) is 1. The number of amides is 1. The van der Waals surface area contributed by atoms with Crippen LogP contribution in [-0.4, -0.2) is 31.2 Å². The molecule has 0 heterocycles. The van der Waals surface area contributed by atoms with Crippen molar-refractivity contribution in [2.24, 2.45) is 17.6 Å². The molecule has 4 nitrogen and oxygen atoms in total. The summed E-state index contributed by atoms with van der Waals surface area (Å²) in [5.74, 6) is 1.32. The number of hydrogen-bond donors (Lipinski definition) is 2. The van der Waals surface area contributed by atoms with Crippen LogP contribution in [0, 0.1) is 11.8 Å². The van der Waals surface area contributed by atoms with Crippen molar-refractivity contribution in [2.45, 2.75) is 108 Å². The first kappa shape index (κ1) is 21.7. The van der Waals surface area contributed by atoms with E-state index in [0.717, 1.165) is 44.6 Å². The van der Waals surface area contributed by atoms with Crippen LogP contribution in [0.3, 0.4) is 0 Å². The van der Waals surface area contributed by atoms with Crippen molar-refractivity contribution in [3.8, 4) is 0 Å². The summed E-state index contributed by atoms with van der Waals surface area (Å²) in [6, 6.07) is 0. The van der Waals surface area contributed by atoms with Crippen LogP contribution in [0.15, 0.2) is 0 Å². The van der Waals surface area contributed by atoms with E-state index in [4.69, 9.17) is 10.5 Å². The van der Waals surface area contributed by atoms with Crippen LogP contribution in [0.4, 0.5) is 0 Å². The molecule has 0 spiro atoms. The number of nitrogens with one attached hydrogen (secondary N) is 1. The highest BCUT2D eigenvalue weighted by Crippen LogP contribution is 2.35. The molecule has 2 aliphatic carbocycles. The summed E-state index contributed by atoms with van der Waals surface area (Å²) in [6.07, 6.45) is 16.8. The topological polar surface area (TPSA) is 64.3 Å². The van der Waals surface area contributed by atoms with Crippen molar-refractivity contribution < 1.29 is 9.53 Å². The summed E-state index contributed by atoms with van der Waals surface area (Å²) in [6.45, 7) is 3.07. The second-order valence-electron chi connectivity index (χ2n) is 8.86. The van der Waals surface area contributed by atoms with Crippen LogP contribution in [0.1, 0.15) is 96.8 Å². The Balaban J connectivity index is 1.87. The van der Waals surface area contributed by atoms with Crippen molar-refractivity contribution in [2.75, 3.05) is 13.7 Å². The average Bonchev–Trinajstić information content (AvgIpc) is 2.67. The molecule has 0 unspecified atom stereocenters. The molecule has 2 rings (SSSR count). The van der Waals surface area contributed by atoms with E-state index in [1.165, 1.54) is 57.8 Å². The Bertz CT molecular complexity index is 409. The third kappa shape index (κ3) is 6.84. The van der Waals surface area contributed by atoms with E-state index >= 15 is 0 Å². The zero-order valence-electron chi connectivity index (χ0n) is 17.2. The highest BCUT2D eigenvalue weighted by molar-refractivity contribution is 5.85. The van der Waals surface area contributed by atoms with Crippen LogP contribution in [0.5, 0.6) is 0 Å². The number of unbranched alkanes of at least 4 members (excludes halogenated alkanes) is 1. The molecular formula is C22H42N2O2. The van der Waals surface area contributed by atoms with Gasteiger partial charge in [-0.05, 0) is 50.4 Å². The lowest BCUT2D eigenvalue weighted by Crippen LogP contribution is -2.54. The first-order valence-electron chi connectivity index (χ1n) is 11.2. The molecule has 0 saturated heterocycles. The van der Waals surface area contributed by atoms with Crippen molar-refractivity contribution in [1.82, 2.24) is 5.32 Å². The maximum Gasteiger partial charge on any atom is 0.239 e. The first-order chi connectivity index (χ1) is 12.6. The van der Waals surface area contributed by atoms with Gasteiger partial charge < -0.3 is 15.8 Å². The summed E-state index contributed by atoms with van der Waals surface area (Å²) >= 11 is 0. The van der Waals surface area contributed by atoms with Gasteiger partial charge in [-0.2, -0.15) is 0 Å². The molecule has 152 valence electrons. The normalized spacial score (nSPS) is 27.0. The molecule has 3 N–H and O–H groups in total. The number of nitrogens with two attached hydrogens (primary N) is 1. The van der Waals surface area contributed by atoms with Crippen molar-refractivity contribution in [3.05, 3.63) is 0 Å². The van der Waals surface area contributed by atoms with Crippen molar-refractivity contribution in [1.29, 1.82) is 0 Å². The largest absolute Gasteiger partial charge is 0.378 e. The minimum atomic E-state index is -0.706. The highest BCUT2D eigenvalue weighted by Gasteiger charge is 2.37. The lowest BCUT2D eigenvalue weighted by molar-refractivity contribution is -0.127. The van der Waals surface area contributed by atoms with E-state index < -0.39 is 5.54 Å². The van der Waals surface area contributed by atoms with E-state index in [2.05, 4.69) is 12.2 Å². The fourth-order valence-electron chi connectivity index (χ4n) is 4.98. The van der Waals surface area contributed by atoms with E-state index in [9.17, 15) is 4.79 Å². The lowest BCUT2D eigenvalue weighted by atomic mass is 9.74. The molecule has 0 radical (unpaired) electrons. The van der Waals surface area contributed by atoms with Gasteiger partial charge >= 0.3 is 0 Å². The second kappa shape index (κ2) is 11.3. The molecule has 0 aromatic rings. The smallest absolute Gasteiger partial charge is 0.239 e. The SMILES string of the molecule is CCCCO[C@@H]1CCC[C@H](C[C@](N)(CCC2CCCCC2)C(=O)NC)C1. The standard InChI is InChI=1S/C22H42N2O2/c1-3-4-15-26-20-12-8-11-19(16-20)17-22(23,21(25)24-2)14-13-18-9-6-5-7-10-18/h18-20H,3-17,23H2,1-2H3,(H,24,25)/t19-,20+,22+/m0/s1. The number of carbonyl (C=O) groups is 1. The van der Waals surface area contributed by atoms with Crippen LogP contribution in [0.25, 0.3) is 0 Å². The molecule has 0 aromatic heterocycles. The maximum atomic E-state index is 12.6. The second-order valence-corrected chi connectivity index (χ2v) is 8.86. The molecule has 0 aromatic carbocycles. The van der Waals surface area contributed by atoms with Gasteiger partial charge in [0.15, 0.2) is 0 Å². The van der Waals surface area contributed by atoms with E-state index in [1.807, 2.05) is 0 Å². The van der Waals surface area contributed by atoms with Gasteiger partial charge in [0, 0.05) is 13.7 Å². The monoisotopic (exact) mass is 366 g/mol. The van der Waals surface area contributed by atoms with Gasteiger partial charge in [0.2, 0.25) is 5.91 Å². The van der Waals surface area contributed by atoms with Crippen molar-refractivity contribution >= 4 is 5.91 Å². The van der Waals surface area contributed by atoms with Crippen LogP contribution in [0.2, 0.25) is 0 Å². The fraction of sp³-hybridized carbons (Fsp3) is 0.955. The zero-order chi connectivity index (χ0) is 18.8. The van der Waals surface area contributed by atoms with Gasteiger partial charge in [-0.3, -0.25) is 4.79 Å². The maximum absolute atomic E-state index is 12.6. The average molecular weight is 367 g/mol. The Morgan fingerprint density at radius 3 is 2.54 bits per heavy atom. The van der Waals surface area contributed by atoms with Gasteiger partial charge in [-0.15, -0.1) is 0 Å². The van der Waals surface area contributed by atoms with Crippen LogP contribution < -0.4 is 11.1 Å². The third-order valence-electron chi connectivity index (χ3n) is 6.64. The molecule has 2 saturated carbocycles. The Morgan fingerprint density at radius 1 is 1.12 bits per heavy atom. The predicted molar refractivity (Wildman–Crippen MR) is 108 cm³/mol. The van der Waals surface area contributed by atoms with Gasteiger partial charge in [0.05, 0.1) is 11.6 Å². The van der Waals surface area contributed by atoms with Crippen LogP contribution >= 0.6 is 0 Å². The number of carbonyl (C=O) groups excluding carboxylic acids is 1. The summed E-state index contributed by atoms with van der Waals surface area (Å²) in [5.41, 5.74) is 6.01. The molecule has 2 fully saturated rings. The molecule has 0 bridgehead atoms. The summed E-state index contributed by atoms with van der Waals surface area (Å²) in [5, 5.41) is 2.84. The number of rotatable bonds is 10. The minimum Gasteiger partial charge on any atom is -0.378 e. The van der Waals surface area contributed by atoms with Crippen LogP contribution in [-0.2, 0) is 9.53 Å². The molecule has 1 amide bonds. The zero-order valence-corrected chi connectivity index (χ0v) is 17.2. The van der Waals surface area contributed by atoms with Crippen molar-refractivity contribution in [3.63, 3.8) is 0 Å². The molecular weight excluding hydrogens is 324 g/mol. The number of hydrogen-bond acceptors (Lipinski definition) is 3. The third-order valence-corrected chi connectivity index (χ3v) is 6.64. The van der Waals surface area contributed by atoms with Gasteiger partial charge in [0.1, 0.15) is 0 Å². The Morgan fingerprint density at radius 2 is 1.85 bits per heavy atom. The van der Waals surface area contributed by atoms with Gasteiger partial charge in [0.25, 0.3) is 0 Å². The van der Waals surface area contributed by atoms with E-state index in [1.54, 1.807) is 7.05 Å². The minimum absolute atomic E-state index is 0.0299. The predicted octanol–water partition coefficient (Wildman–Crippen LogP) is 4.56. The number of ether oxygens (including phenoxy) is 1. The molecule has 2 aliphatic rings. The highest BCUT2D eigenvalue weighted by atomic mass is 16.5. The van der Waals surface area contributed by atoms with Gasteiger partial charge in [-0.1, -0.05) is 58.3 Å². The molecule has 4 heteroatoms. The lowest BCUT2D eigenvalue weighted by Gasteiger charge is -2.36. The Kier molecular flexibility index (Phi) is 9.41. The molecule has 26 heavy (non-hydrogen) atoms. The fourth-order valence-corrected chi connectivity index (χ4v) is 4.98. The van der Waals surface area contributed by atoms with E-state index in [0.29, 0.717) is 12.0 Å². The van der Waals surface area contributed by atoms with Gasteiger partial charge in [-0.25, -0.2) is 0 Å². The Labute approximate surface area is 161 Å². The molecule has 0 aliphatic heterocycles. The summed E-state index contributed by atoms with van der Waals surface area (Å²) in [4.78, 5) is 12.6. The first-order valence-corrected chi connectivity index (χ1v) is 11.2. The Hall–Kier alpha value is -0.610. The molecule has 3 atom stereocenters.